The van der Waals surface area contributed by atoms with Crippen LogP contribution in [0.2, 0.25) is 0 Å². The first kappa shape index (κ1) is 25.0. The molecular formula is C21H29F3N10O. The third-order valence-electron chi connectivity index (χ3n) is 5.55. The molecule has 1 aliphatic heterocycles. The van der Waals surface area contributed by atoms with E-state index in [4.69, 9.17) is 19.8 Å². The normalized spacial score (nSPS) is 14.7. The maximum absolute atomic E-state index is 12.5. The average molecular weight is 495 g/mol. The fraction of sp³-hybridized carbons (Fsp3) is 0.571. The van der Waals surface area contributed by atoms with Crippen molar-refractivity contribution in [1.82, 2.24) is 39.9 Å². The molecule has 3 aromatic heterocycles. The van der Waals surface area contributed by atoms with Crippen LogP contribution in [0, 0.1) is 0 Å². The molecule has 0 radical (unpaired) electrons. The van der Waals surface area contributed by atoms with E-state index in [1.165, 1.54) is 6.33 Å². The Hall–Kier alpha value is -3.10. The van der Waals surface area contributed by atoms with Crippen molar-refractivity contribution in [2.75, 3.05) is 63.2 Å². The summed E-state index contributed by atoms with van der Waals surface area (Å²) in [4.78, 5) is 22.0. The second-order valence-corrected chi connectivity index (χ2v) is 8.19. The van der Waals surface area contributed by atoms with Crippen molar-refractivity contribution in [2.24, 2.45) is 0 Å². The highest BCUT2D eigenvalue weighted by Gasteiger charge is 2.28. The molecule has 1 aliphatic rings. The van der Waals surface area contributed by atoms with Crippen LogP contribution in [0.15, 0.2) is 18.6 Å². The largest absolute Gasteiger partial charge is 0.411 e. The standard InChI is InChI=1S/C21H29F3N10O/c1-3-32(2)12-15-17-18(34(31-15)10-11-35-13-21(22,23)24)19(28-16-4-5-26-14-27-16)30-20(29-17)33-8-6-25-7-9-33/h4-5,14,25H,3,6-13H2,1-2H3,(H,26,27,28,29,30). The molecule has 190 valence electrons. The minimum atomic E-state index is -4.39. The van der Waals surface area contributed by atoms with Gasteiger partial charge in [0.1, 0.15) is 35.5 Å². The smallest absolute Gasteiger partial charge is 0.370 e. The van der Waals surface area contributed by atoms with Crippen LogP contribution >= 0.6 is 0 Å². The van der Waals surface area contributed by atoms with Crippen LogP contribution in [-0.4, -0.2) is 93.8 Å². The Labute approximate surface area is 200 Å². The average Bonchev–Trinajstić information content (AvgIpc) is 3.19. The second-order valence-electron chi connectivity index (χ2n) is 8.19. The van der Waals surface area contributed by atoms with Crippen molar-refractivity contribution in [3.05, 3.63) is 24.3 Å². The molecule has 0 bridgehead atoms. The number of aromatic nitrogens is 6. The zero-order valence-corrected chi connectivity index (χ0v) is 19.7. The molecular weight excluding hydrogens is 465 g/mol. The lowest BCUT2D eigenvalue weighted by Gasteiger charge is -2.27. The van der Waals surface area contributed by atoms with Crippen molar-refractivity contribution in [3.63, 3.8) is 0 Å². The summed E-state index contributed by atoms with van der Waals surface area (Å²) in [6, 6.07) is 1.71. The maximum Gasteiger partial charge on any atom is 0.411 e. The summed E-state index contributed by atoms with van der Waals surface area (Å²) in [5.74, 6) is 1.55. The minimum Gasteiger partial charge on any atom is -0.370 e. The molecule has 2 N–H and O–H groups in total. The number of nitrogens with one attached hydrogen (secondary N) is 2. The lowest BCUT2D eigenvalue weighted by atomic mass is 10.3. The van der Waals surface area contributed by atoms with Gasteiger partial charge in [0.05, 0.1) is 13.2 Å². The van der Waals surface area contributed by atoms with E-state index in [0.29, 0.717) is 40.9 Å². The van der Waals surface area contributed by atoms with E-state index in [-0.39, 0.29) is 13.2 Å². The third-order valence-corrected chi connectivity index (χ3v) is 5.55. The van der Waals surface area contributed by atoms with Crippen LogP contribution in [0.5, 0.6) is 0 Å². The predicted molar refractivity (Wildman–Crippen MR) is 125 cm³/mol. The molecule has 0 saturated carbocycles. The van der Waals surface area contributed by atoms with E-state index in [1.807, 2.05) is 14.0 Å². The number of rotatable bonds is 10. The number of alkyl halides is 3. The summed E-state index contributed by atoms with van der Waals surface area (Å²) >= 11 is 0. The third kappa shape index (κ3) is 6.52. The molecule has 0 atom stereocenters. The van der Waals surface area contributed by atoms with Crippen LogP contribution < -0.4 is 15.5 Å². The molecule has 0 amide bonds. The molecule has 0 aromatic carbocycles. The van der Waals surface area contributed by atoms with Gasteiger partial charge >= 0.3 is 6.18 Å². The molecule has 1 fully saturated rings. The van der Waals surface area contributed by atoms with Gasteiger partial charge in [0.15, 0.2) is 5.82 Å². The highest BCUT2D eigenvalue weighted by atomic mass is 19.4. The molecule has 1 saturated heterocycles. The van der Waals surface area contributed by atoms with Crippen LogP contribution in [0.4, 0.5) is 30.8 Å². The minimum absolute atomic E-state index is 0.108. The summed E-state index contributed by atoms with van der Waals surface area (Å²) in [6.07, 6.45) is -1.36. The number of piperazine rings is 1. The molecule has 4 rings (SSSR count). The first-order valence-electron chi connectivity index (χ1n) is 11.4. The van der Waals surface area contributed by atoms with Crippen molar-refractivity contribution < 1.29 is 17.9 Å². The van der Waals surface area contributed by atoms with E-state index in [0.717, 1.165) is 32.7 Å². The van der Waals surface area contributed by atoms with Gasteiger partial charge in [0.2, 0.25) is 5.95 Å². The lowest BCUT2D eigenvalue weighted by Crippen LogP contribution is -2.44. The quantitative estimate of drug-likeness (QED) is 0.405. The highest BCUT2D eigenvalue weighted by Crippen LogP contribution is 2.29. The van der Waals surface area contributed by atoms with E-state index in [2.05, 4.69) is 30.4 Å². The Morgan fingerprint density at radius 3 is 2.71 bits per heavy atom. The summed E-state index contributed by atoms with van der Waals surface area (Å²) < 4.78 is 44.1. The first-order chi connectivity index (χ1) is 16.8. The zero-order chi connectivity index (χ0) is 24.8. The fourth-order valence-electron chi connectivity index (χ4n) is 3.69. The number of ether oxygens (including phenoxy) is 1. The molecule has 0 unspecified atom stereocenters. The molecule has 0 spiro atoms. The number of anilines is 3. The molecule has 3 aromatic rings. The van der Waals surface area contributed by atoms with Crippen molar-refractivity contribution in [2.45, 2.75) is 26.2 Å². The van der Waals surface area contributed by atoms with Gasteiger partial charge in [-0.2, -0.15) is 23.3 Å². The van der Waals surface area contributed by atoms with Gasteiger partial charge in [0, 0.05) is 38.9 Å². The van der Waals surface area contributed by atoms with E-state index in [9.17, 15) is 13.2 Å². The van der Waals surface area contributed by atoms with Gasteiger partial charge in [-0.05, 0) is 19.7 Å². The monoisotopic (exact) mass is 494 g/mol. The zero-order valence-electron chi connectivity index (χ0n) is 19.7. The van der Waals surface area contributed by atoms with Crippen LogP contribution in [0.25, 0.3) is 11.0 Å². The molecule has 0 aliphatic carbocycles. The Balaban J connectivity index is 1.76. The van der Waals surface area contributed by atoms with Crippen LogP contribution in [0.3, 0.4) is 0 Å². The second kappa shape index (κ2) is 11.1. The van der Waals surface area contributed by atoms with Gasteiger partial charge in [-0.15, -0.1) is 0 Å². The Kier molecular flexibility index (Phi) is 7.93. The maximum atomic E-state index is 12.5. The van der Waals surface area contributed by atoms with Gasteiger partial charge in [0.25, 0.3) is 0 Å². The molecule has 14 heteroatoms. The Morgan fingerprint density at radius 1 is 1.23 bits per heavy atom. The van der Waals surface area contributed by atoms with E-state index >= 15 is 0 Å². The summed E-state index contributed by atoms with van der Waals surface area (Å²) in [5.41, 5.74) is 1.93. The topological polar surface area (TPSA) is 109 Å². The lowest BCUT2D eigenvalue weighted by molar-refractivity contribution is -0.174. The van der Waals surface area contributed by atoms with E-state index in [1.54, 1.807) is 16.9 Å². The first-order valence-corrected chi connectivity index (χ1v) is 11.4. The molecule has 4 heterocycles. The summed E-state index contributed by atoms with van der Waals surface area (Å²) in [7, 11) is 1.97. The molecule has 35 heavy (non-hydrogen) atoms. The van der Waals surface area contributed by atoms with Gasteiger partial charge < -0.3 is 25.2 Å². The summed E-state index contributed by atoms with van der Waals surface area (Å²) in [5, 5.41) is 11.2. The number of halogens is 3. The SMILES string of the molecule is CCN(C)Cc1nn(CCOCC(F)(F)F)c2c(Nc3ccncn3)nc(N3CCNCC3)nc12. The number of fused-ring (bicyclic) bond motifs is 1. The predicted octanol–water partition coefficient (Wildman–Crippen LogP) is 1.80. The Morgan fingerprint density at radius 2 is 2.03 bits per heavy atom. The molecule has 11 nitrogen and oxygen atoms in total. The number of nitrogens with zero attached hydrogens (tertiary/aromatic N) is 8. The fourth-order valence-corrected chi connectivity index (χ4v) is 3.69. The van der Waals surface area contributed by atoms with Gasteiger partial charge in [-0.1, -0.05) is 6.92 Å². The highest BCUT2D eigenvalue weighted by molar-refractivity contribution is 5.90. The van der Waals surface area contributed by atoms with Crippen LogP contribution in [-0.2, 0) is 17.8 Å². The number of hydrogen-bond donors (Lipinski definition) is 2. The van der Waals surface area contributed by atoms with E-state index < -0.39 is 12.8 Å². The summed E-state index contributed by atoms with van der Waals surface area (Å²) in [6.45, 7) is 5.13. The van der Waals surface area contributed by atoms with Crippen molar-refractivity contribution in [3.8, 4) is 0 Å². The van der Waals surface area contributed by atoms with Crippen molar-refractivity contribution >= 4 is 28.6 Å². The van der Waals surface area contributed by atoms with Gasteiger partial charge in [-0.25, -0.2) is 15.0 Å². The van der Waals surface area contributed by atoms with Gasteiger partial charge in [-0.3, -0.25) is 4.68 Å². The Bertz CT molecular complexity index is 1100. The number of hydrogen-bond acceptors (Lipinski definition) is 10. The van der Waals surface area contributed by atoms with Crippen molar-refractivity contribution in [1.29, 1.82) is 0 Å². The van der Waals surface area contributed by atoms with Crippen LogP contribution in [0.1, 0.15) is 12.6 Å².